The van der Waals surface area contributed by atoms with E-state index in [1.165, 1.54) is 6.07 Å². The van der Waals surface area contributed by atoms with E-state index in [-0.39, 0.29) is 18.8 Å². The zero-order valence-corrected chi connectivity index (χ0v) is 5.68. The summed E-state index contributed by atoms with van der Waals surface area (Å²) in [4.78, 5) is 0. The minimum atomic E-state index is -1.34. The van der Waals surface area contributed by atoms with Crippen LogP contribution in [0.5, 0.6) is 0 Å². The number of hydrogen-bond acceptors (Lipinski definition) is 2. The van der Waals surface area contributed by atoms with E-state index < -0.39 is 17.5 Å². The van der Waals surface area contributed by atoms with Crippen molar-refractivity contribution in [1.29, 1.82) is 0 Å². The SMILES string of the molecule is Fc1c2cc-2c(F)c1F.O[B]O. The van der Waals surface area contributed by atoms with Crippen LogP contribution < -0.4 is 0 Å². The Labute approximate surface area is 66.6 Å². The van der Waals surface area contributed by atoms with E-state index in [1.807, 2.05) is 0 Å². The van der Waals surface area contributed by atoms with Crippen molar-refractivity contribution in [2.45, 2.75) is 0 Å². The Morgan fingerprint density at radius 3 is 1.42 bits per heavy atom. The van der Waals surface area contributed by atoms with Gasteiger partial charge in [0.1, 0.15) is 0 Å². The Balaban J connectivity index is 0.000000213. The molecule has 0 amide bonds. The third-order valence-electron chi connectivity index (χ3n) is 1.35. The highest BCUT2D eigenvalue weighted by Crippen LogP contribution is 2.42. The van der Waals surface area contributed by atoms with E-state index >= 15 is 0 Å². The van der Waals surface area contributed by atoms with Gasteiger partial charge in [0, 0.05) is 11.1 Å². The molecular formula is C6H3BF3O2. The third kappa shape index (κ3) is 1.30. The Morgan fingerprint density at radius 2 is 1.25 bits per heavy atom. The molecule has 0 aliphatic heterocycles. The van der Waals surface area contributed by atoms with Crippen LogP contribution in [-0.4, -0.2) is 17.7 Å². The van der Waals surface area contributed by atoms with Crippen molar-refractivity contribution in [3.05, 3.63) is 23.5 Å². The summed E-state index contributed by atoms with van der Waals surface area (Å²) in [6.07, 6.45) is 0. The van der Waals surface area contributed by atoms with Crippen LogP contribution in [0.3, 0.4) is 0 Å². The summed E-state index contributed by atoms with van der Waals surface area (Å²) in [6, 6.07) is 1.27. The lowest BCUT2D eigenvalue weighted by molar-refractivity contribution is 0.448. The lowest BCUT2D eigenvalue weighted by Gasteiger charge is -1.78. The highest BCUT2D eigenvalue weighted by Gasteiger charge is 2.30. The molecule has 0 spiro atoms. The number of hydrogen-bond donors (Lipinski definition) is 2. The molecule has 0 aromatic rings. The molecule has 2 nitrogen and oxygen atoms in total. The molecular weight excluding hydrogens is 172 g/mol. The minimum Gasteiger partial charge on any atom is -0.429 e. The van der Waals surface area contributed by atoms with Crippen molar-refractivity contribution in [2.75, 3.05) is 0 Å². The highest BCUT2D eigenvalue weighted by molar-refractivity contribution is 6.13. The Hall–Kier alpha value is -1.01. The largest absolute Gasteiger partial charge is 0.482 e. The fourth-order valence-corrected chi connectivity index (χ4v) is 0.804. The molecule has 0 atom stereocenters. The molecule has 0 bridgehead atoms. The fourth-order valence-electron chi connectivity index (χ4n) is 0.804. The molecule has 0 unspecified atom stereocenters. The molecule has 0 saturated carbocycles. The van der Waals surface area contributed by atoms with Gasteiger partial charge < -0.3 is 10.0 Å². The molecule has 0 aromatic heterocycles. The van der Waals surface area contributed by atoms with Gasteiger partial charge in [-0.3, -0.25) is 0 Å². The van der Waals surface area contributed by atoms with E-state index in [2.05, 4.69) is 0 Å². The Morgan fingerprint density at radius 1 is 0.917 bits per heavy atom. The van der Waals surface area contributed by atoms with Gasteiger partial charge in [0.15, 0.2) is 17.5 Å². The van der Waals surface area contributed by atoms with Crippen molar-refractivity contribution in [3.63, 3.8) is 0 Å². The van der Waals surface area contributed by atoms with Crippen LogP contribution in [0.2, 0.25) is 0 Å². The second-order valence-electron chi connectivity index (χ2n) is 2.03. The van der Waals surface area contributed by atoms with Crippen LogP contribution in [0.15, 0.2) is 6.07 Å². The van der Waals surface area contributed by atoms with Crippen molar-refractivity contribution < 1.29 is 23.2 Å². The van der Waals surface area contributed by atoms with E-state index in [0.717, 1.165) is 0 Å². The van der Waals surface area contributed by atoms with Crippen molar-refractivity contribution in [3.8, 4) is 11.1 Å². The first-order valence-corrected chi connectivity index (χ1v) is 2.91. The van der Waals surface area contributed by atoms with Gasteiger partial charge in [-0.15, -0.1) is 0 Å². The van der Waals surface area contributed by atoms with Gasteiger partial charge in [-0.1, -0.05) is 0 Å². The first kappa shape index (κ1) is 9.09. The molecule has 2 aliphatic carbocycles. The first-order chi connectivity index (χ1) is 5.63. The summed E-state index contributed by atoms with van der Waals surface area (Å²) in [7, 11) is 0. The van der Waals surface area contributed by atoms with E-state index in [1.54, 1.807) is 0 Å². The summed E-state index contributed by atoms with van der Waals surface area (Å²) in [5.41, 5.74) is 0.176. The standard InChI is InChI=1S/C6HF3.BH2O2/c7-4-2-1-3(2)5(8)6(4)9;2-1-3/h1H;2-3H. The zero-order valence-electron chi connectivity index (χ0n) is 5.68. The Bertz CT molecular complexity index is 290. The van der Waals surface area contributed by atoms with Crippen LogP contribution in [0.4, 0.5) is 13.2 Å². The van der Waals surface area contributed by atoms with Gasteiger partial charge >= 0.3 is 7.69 Å². The van der Waals surface area contributed by atoms with Gasteiger partial charge in [0.25, 0.3) is 0 Å². The summed E-state index contributed by atoms with van der Waals surface area (Å²) in [5, 5.41) is 14.0. The number of halogens is 3. The van der Waals surface area contributed by atoms with Gasteiger partial charge in [0.05, 0.1) is 0 Å². The second-order valence-corrected chi connectivity index (χ2v) is 2.03. The lowest BCUT2D eigenvalue weighted by Crippen LogP contribution is -1.76. The van der Waals surface area contributed by atoms with Crippen molar-refractivity contribution in [2.24, 2.45) is 0 Å². The highest BCUT2D eigenvalue weighted by atomic mass is 19.2. The third-order valence-corrected chi connectivity index (χ3v) is 1.35. The number of fused-ring (bicyclic) bond motifs is 1. The van der Waals surface area contributed by atoms with Gasteiger partial charge in [-0.25, -0.2) is 13.2 Å². The summed E-state index contributed by atoms with van der Waals surface area (Å²) < 4.78 is 36.3. The average molecular weight is 175 g/mol. The van der Waals surface area contributed by atoms with Crippen LogP contribution >= 0.6 is 0 Å². The Kier molecular flexibility index (Phi) is 2.39. The number of benzene rings is 1. The molecule has 6 heteroatoms. The topological polar surface area (TPSA) is 40.5 Å². The number of rotatable bonds is 0. The molecule has 12 heavy (non-hydrogen) atoms. The van der Waals surface area contributed by atoms with Crippen molar-refractivity contribution in [1.82, 2.24) is 0 Å². The first-order valence-electron chi connectivity index (χ1n) is 2.91. The fraction of sp³-hybridized carbons (Fsp3) is 0. The van der Waals surface area contributed by atoms with Crippen LogP contribution in [0, 0.1) is 17.5 Å². The van der Waals surface area contributed by atoms with E-state index in [4.69, 9.17) is 10.0 Å². The molecule has 2 N–H and O–H groups in total. The quantitative estimate of drug-likeness (QED) is 0.454. The molecule has 0 aromatic carbocycles. The van der Waals surface area contributed by atoms with Gasteiger partial charge in [-0.05, 0) is 6.07 Å². The van der Waals surface area contributed by atoms with E-state index in [9.17, 15) is 13.2 Å². The summed E-state index contributed by atoms with van der Waals surface area (Å²) in [6.45, 7) is 0. The van der Waals surface area contributed by atoms with Crippen LogP contribution in [0.1, 0.15) is 0 Å². The maximum absolute atomic E-state index is 12.2. The van der Waals surface area contributed by atoms with Crippen molar-refractivity contribution >= 4 is 7.69 Å². The van der Waals surface area contributed by atoms with Gasteiger partial charge in [-0.2, -0.15) is 0 Å². The lowest BCUT2D eigenvalue weighted by atomic mass is 10.5. The maximum atomic E-state index is 12.2. The second kappa shape index (κ2) is 3.16. The maximum Gasteiger partial charge on any atom is 0.482 e. The van der Waals surface area contributed by atoms with Crippen LogP contribution in [-0.2, 0) is 0 Å². The molecule has 0 fully saturated rings. The normalized spacial score (nSPS) is 10.1. The molecule has 2 rings (SSSR count). The summed E-state index contributed by atoms with van der Waals surface area (Å²) in [5.74, 6) is -3.45. The molecule has 1 radical (unpaired) electrons. The predicted octanol–water partition coefficient (Wildman–Crippen LogP) is 0.589. The monoisotopic (exact) mass is 175 g/mol. The zero-order chi connectivity index (χ0) is 9.30. The summed E-state index contributed by atoms with van der Waals surface area (Å²) >= 11 is 0. The molecule has 0 saturated heterocycles. The van der Waals surface area contributed by atoms with Crippen LogP contribution in [0.25, 0.3) is 11.1 Å². The minimum absolute atomic E-state index is 0. The van der Waals surface area contributed by atoms with Gasteiger partial charge in [0.2, 0.25) is 0 Å². The average Bonchev–Trinajstić information content (AvgIpc) is 2.76. The molecule has 63 valence electrons. The van der Waals surface area contributed by atoms with E-state index in [0.29, 0.717) is 0 Å². The molecule has 0 heterocycles. The predicted molar refractivity (Wildman–Crippen MR) is 35.5 cm³/mol. The smallest absolute Gasteiger partial charge is 0.429 e. The molecule has 2 aliphatic rings.